The van der Waals surface area contributed by atoms with E-state index >= 15 is 0 Å². The molecule has 2 aromatic carbocycles. The van der Waals surface area contributed by atoms with Crippen molar-refractivity contribution in [2.75, 3.05) is 29.9 Å². The summed E-state index contributed by atoms with van der Waals surface area (Å²) in [7, 11) is -3.03. The second-order valence-electron chi connectivity index (χ2n) is 7.40. The minimum atomic E-state index is -3.03. The van der Waals surface area contributed by atoms with Gasteiger partial charge in [-0.2, -0.15) is 5.10 Å². The van der Waals surface area contributed by atoms with Crippen molar-refractivity contribution in [1.29, 1.82) is 0 Å². The molecule has 1 saturated heterocycles. The summed E-state index contributed by atoms with van der Waals surface area (Å²) in [6, 6.07) is 18.9. The van der Waals surface area contributed by atoms with Gasteiger partial charge in [0.2, 0.25) is 5.91 Å². The Balaban J connectivity index is 1.50. The molecule has 7 nitrogen and oxygen atoms in total. The molecule has 0 saturated carbocycles. The average Bonchev–Trinajstić information content (AvgIpc) is 3.17. The highest BCUT2D eigenvalue weighted by Gasteiger charge is 2.32. The van der Waals surface area contributed by atoms with Gasteiger partial charge in [-0.3, -0.25) is 14.4 Å². The van der Waals surface area contributed by atoms with E-state index in [9.17, 15) is 13.2 Å². The third kappa shape index (κ3) is 4.95. The molecule has 8 heteroatoms. The molecule has 1 fully saturated rings. The van der Waals surface area contributed by atoms with E-state index in [1.165, 1.54) is 0 Å². The third-order valence-electron chi connectivity index (χ3n) is 5.20. The maximum absolute atomic E-state index is 13.2. The highest BCUT2D eigenvalue weighted by Crippen LogP contribution is 2.24. The van der Waals surface area contributed by atoms with Gasteiger partial charge in [-0.1, -0.05) is 60.7 Å². The van der Waals surface area contributed by atoms with Gasteiger partial charge in [0.1, 0.15) is 6.04 Å². The first-order chi connectivity index (χ1) is 14.5. The molecular formula is C22H24N4O3S. The molecule has 0 spiro atoms. The van der Waals surface area contributed by atoms with Crippen molar-refractivity contribution in [2.45, 2.75) is 12.6 Å². The number of aromatic nitrogens is 2. The van der Waals surface area contributed by atoms with Gasteiger partial charge in [-0.05, 0) is 11.1 Å². The first kappa shape index (κ1) is 20.3. The Bertz CT molecular complexity index is 1080. The van der Waals surface area contributed by atoms with Crippen molar-refractivity contribution in [3.05, 3.63) is 84.2 Å². The van der Waals surface area contributed by atoms with Gasteiger partial charge in [-0.15, -0.1) is 0 Å². The molecule has 156 valence electrons. The Hall–Kier alpha value is -2.97. The van der Waals surface area contributed by atoms with Gasteiger partial charge in [0.15, 0.2) is 9.84 Å². The zero-order valence-corrected chi connectivity index (χ0v) is 17.3. The molecule has 0 aliphatic carbocycles. The molecule has 4 rings (SSSR count). The number of nitrogens with one attached hydrogen (secondary N) is 1. The summed E-state index contributed by atoms with van der Waals surface area (Å²) in [5, 5.41) is 7.29. The van der Waals surface area contributed by atoms with Crippen molar-refractivity contribution in [3.8, 4) is 0 Å². The van der Waals surface area contributed by atoms with E-state index in [0.29, 0.717) is 25.3 Å². The summed E-state index contributed by atoms with van der Waals surface area (Å²) in [6.07, 6.45) is 3.43. The number of carbonyl (C=O) groups is 1. The first-order valence-corrected chi connectivity index (χ1v) is 11.7. The Kier molecular flexibility index (Phi) is 5.96. The number of amides is 1. The zero-order chi connectivity index (χ0) is 21.0. The molecule has 0 radical (unpaired) electrons. The van der Waals surface area contributed by atoms with Gasteiger partial charge < -0.3 is 5.32 Å². The highest BCUT2D eigenvalue weighted by atomic mass is 32.2. The van der Waals surface area contributed by atoms with Gasteiger partial charge in [0, 0.05) is 19.3 Å². The molecule has 30 heavy (non-hydrogen) atoms. The lowest BCUT2D eigenvalue weighted by Crippen LogP contribution is -2.46. The van der Waals surface area contributed by atoms with Crippen molar-refractivity contribution >= 4 is 21.4 Å². The molecule has 1 aliphatic heterocycles. The van der Waals surface area contributed by atoms with Crippen LogP contribution in [0.25, 0.3) is 0 Å². The SMILES string of the molecule is O=C(Nc1cnn(Cc2ccccc2)c1)C(c1ccccc1)N1CCS(=O)(=O)CC1. The van der Waals surface area contributed by atoms with Crippen LogP contribution in [0.3, 0.4) is 0 Å². The number of carbonyl (C=O) groups excluding carboxylic acids is 1. The van der Waals surface area contributed by atoms with Crippen LogP contribution in [-0.4, -0.2) is 53.6 Å². The lowest BCUT2D eigenvalue weighted by molar-refractivity contribution is -0.121. The standard InChI is InChI=1S/C22H24N4O3S/c27-22(24-20-15-23-26(17-20)16-18-7-3-1-4-8-18)21(19-9-5-2-6-10-19)25-11-13-30(28,29)14-12-25/h1-10,15,17,21H,11-14,16H2,(H,24,27). The van der Waals surface area contributed by atoms with Crippen molar-refractivity contribution < 1.29 is 13.2 Å². The van der Waals surface area contributed by atoms with Crippen LogP contribution in [0.1, 0.15) is 17.2 Å². The number of anilines is 1. The van der Waals surface area contributed by atoms with Crippen LogP contribution >= 0.6 is 0 Å². The fraction of sp³-hybridized carbons (Fsp3) is 0.273. The lowest BCUT2D eigenvalue weighted by atomic mass is 10.0. The van der Waals surface area contributed by atoms with E-state index in [1.807, 2.05) is 65.6 Å². The molecule has 1 N–H and O–H groups in total. The van der Waals surface area contributed by atoms with Crippen LogP contribution in [0.4, 0.5) is 5.69 Å². The van der Waals surface area contributed by atoms with Gasteiger partial charge in [-0.25, -0.2) is 8.42 Å². The van der Waals surface area contributed by atoms with E-state index < -0.39 is 15.9 Å². The van der Waals surface area contributed by atoms with Crippen LogP contribution in [-0.2, 0) is 21.2 Å². The van der Waals surface area contributed by atoms with E-state index in [1.54, 1.807) is 17.1 Å². The maximum Gasteiger partial charge on any atom is 0.246 e. The average molecular weight is 425 g/mol. The summed E-state index contributed by atoms with van der Waals surface area (Å²) >= 11 is 0. The summed E-state index contributed by atoms with van der Waals surface area (Å²) in [5.74, 6) is -0.0585. The molecule has 0 bridgehead atoms. The quantitative estimate of drug-likeness (QED) is 0.657. The molecule has 1 aliphatic rings. The monoisotopic (exact) mass is 424 g/mol. The topological polar surface area (TPSA) is 84.3 Å². The normalized spacial score (nSPS) is 17.3. The second kappa shape index (κ2) is 8.81. The van der Waals surface area contributed by atoms with Gasteiger partial charge in [0.05, 0.1) is 29.9 Å². The second-order valence-corrected chi connectivity index (χ2v) is 9.71. The fourth-order valence-corrected chi connectivity index (χ4v) is 4.87. The van der Waals surface area contributed by atoms with Crippen molar-refractivity contribution in [3.63, 3.8) is 0 Å². The summed E-state index contributed by atoms with van der Waals surface area (Å²) in [5.41, 5.74) is 2.57. The predicted molar refractivity (Wildman–Crippen MR) is 116 cm³/mol. The first-order valence-electron chi connectivity index (χ1n) is 9.87. The number of hydrogen-bond donors (Lipinski definition) is 1. The molecule has 1 atom stereocenters. The van der Waals surface area contributed by atoms with E-state index in [4.69, 9.17) is 0 Å². The Morgan fingerprint density at radius 3 is 2.30 bits per heavy atom. The Labute approximate surface area is 176 Å². The molecule has 1 amide bonds. The van der Waals surface area contributed by atoms with Crippen LogP contribution in [0, 0.1) is 0 Å². The molecule has 1 unspecified atom stereocenters. The minimum Gasteiger partial charge on any atom is -0.322 e. The number of hydrogen-bond acceptors (Lipinski definition) is 5. The largest absolute Gasteiger partial charge is 0.322 e. The van der Waals surface area contributed by atoms with Crippen molar-refractivity contribution in [2.24, 2.45) is 0 Å². The van der Waals surface area contributed by atoms with Crippen LogP contribution < -0.4 is 5.32 Å². The maximum atomic E-state index is 13.2. The van der Waals surface area contributed by atoms with Gasteiger partial charge >= 0.3 is 0 Å². The number of benzene rings is 2. The number of nitrogens with zero attached hydrogens (tertiary/aromatic N) is 3. The summed E-state index contributed by atoms with van der Waals surface area (Å²) in [4.78, 5) is 15.1. The minimum absolute atomic E-state index is 0.0681. The smallest absolute Gasteiger partial charge is 0.246 e. The number of rotatable bonds is 6. The Morgan fingerprint density at radius 2 is 1.63 bits per heavy atom. The Morgan fingerprint density at radius 1 is 1.00 bits per heavy atom. The van der Waals surface area contributed by atoms with Crippen LogP contribution in [0.2, 0.25) is 0 Å². The highest BCUT2D eigenvalue weighted by molar-refractivity contribution is 7.91. The van der Waals surface area contributed by atoms with Crippen molar-refractivity contribution in [1.82, 2.24) is 14.7 Å². The number of sulfone groups is 1. The van der Waals surface area contributed by atoms with E-state index in [2.05, 4.69) is 10.4 Å². The summed E-state index contributed by atoms with van der Waals surface area (Å²) < 4.78 is 25.4. The summed E-state index contributed by atoms with van der Waals surface area (Å²) in [6.45, 7) is 1.29. The lowest BCUT2D eigenvalue weighted by Gasteiger charge is -2.33. The third-order valence-corrected chi connectivity index (χ3v) is 6.81. The van der Waals surface area contributed by atoms with E-state index in [-0.39, 0.29) is 17.4 Å². The molecule has 3 aromatic rings. The molecule has 2 heterocycles. The molecular weight excluding hydrogens is 400 g/mol. The zero-order valence-electron chi connectivity index (χ0n) is 16.5. The van der Waals surface area contributed by atoms with Gasteiger partial charge in [0.25, 0.3) is 0 Å². The van der Waals surface area contributed by atoms with E-state index in [0.717, 1.165) is 11.1 Å². The predicted octanol–water partition coefficient (Wildman–Crippen LogP) is 2.34. The van der Waals surface area contributed by atoms with Crippen LogP contribution in [0.5, 0.6) is 0 Å². The van der Waals surface area contributed by atoms with Crippen LogP contribution in [0.15, 0.2) is 73.1 Å². The fourth-order valence-electron chi connectivity index (χ4n) is 3.64. The molecule has 1 aromatic heterocycles.